The Morgan fingerprint density at radius 2 is 1.56 bits per heavy atom. The first kappa shape index (κ1) is 20.1. The molecular formula is C14H30F3N. The summed E-state index contributed by atoms with van der Waals surface area (Å²) in [5.74, 6) is 0.833. The minimum absolute atomic E-state index is 0.198. The zero-order valence-electron chi connectivity index (χ0n) is 12.6. The van der Waals surface area contributed by atoms with Crippen LogP contribution in [0.5, 0.6) is 0 Å². The standard InChI is InChI=1S/C9H18FN.C4H10.CH2F2/c1-9(2)4-3-6-11(8-9)7-5-10;1-4(2)3;2-1-3/h3-8H2,1-2H3;4H,1-3H3;1H2. The lowest BCUT2D eigenvalue weighted by Gasteiger charge is -2.37. The third-order valence-corrected chi connectivity index (χ3v) is 2.38. The highest BCUT2D eigenvalue weighted by atomic mass is 19.3. The molecule has 18 heavy (non-hydrogen) atoms. The van der Waals surface area contributed by atoms with Gasteiger partial charge in [0.25, 0.3) is 0 Å². The van der Waals surface area contributed by atoms with Crippen molar-refractivity contribution in [2.24, 2.45) is 11.3 Å². The lowest BCUT2D eigenvalue weighted by atomic mass is 9.84. The van der Waals surface area contributed by atoms with Gasteiger partial charge in [-0.1, -0.05) is 34.6 Å². The van der Waals surface area contributed by atoms with E-state index in [0.717, 1.165) is 19.0 Å². The third kappa shape index (κ3) is 15.8. The van der Waals surface area contributed by atoms with Crippen molar-refractivity contribution in [1.82, 2.24) is 4.90 Å². The molecule has 0 saturated carbocycles. The monoisotopic (exact) mass is 269 g/mol. The topological polar surface area (TPSA) is 3.24 Å². The molecule has 0 aromatic carbocycles. The van der Waals surface area contributed by atoms with Gasteiger partial charge in [-0.3, -0.25) is 0 Å². The van der Waals surface area contributed by atoms with Gasteiger partial charge < -0.3 is 4.90 Å². The molecule has 0 aliphatic carbocycles. The van der Waals surface area contributed by atoms with Crippen molar-refractivity contribution in [2.75, 3.05) is 33.2 Å². The second-order valence-electron chi connectivity index (χ2n) is 6.07. The van der Waals surface area contributed by atoms with Crippen LogP contribution in [0.2, 0.25) is 0 Å². The molecule has 1 saturated heterocycles. The molecule has 0 atom stereocenters. The lowest BCUT2D eigenvalue weighted by Crippen LogP contribution is -2.40. The zero-order valence-corrected chi connectivity index (χ0v) is 12.6. The van der Waals surface area contributed by atoms with E-state index in [4.69, 9.17) is 0 Å². The molecule has 0 bridgehead atoms. The number of rotatable bonds is 2. The Morgan fingerprint density at radius 1 is 1.11 bits per heavy atom. The van der Waals surface area contributed by atoms with Crippen LogP contribution < -0.4 is 0 Å². The van der Waals surface area contributed by atoms with Crippen molar-refractivity contribution in [3.63, 3.8) is 0 Å². The summed E-state index contributed by atoms with van der Waals surface area (Å²) in [5.41, 5.74) is 0.410. The van der Waals surface area contributed by atoms with Crippen LogP contribution in [0.4, 0.5) is 13.2 Å². The summed E-state index contributed by atoms with van der Waals surface area (Å²) < 4.78 is 31.2. The van der Waals surface area contributed by atoms with Crippen LogP contribution in [0.3, 0.4) is 0 Å². The zero-order chi connectivity index (χ0) is 14.6. The van der Waals surface area contributed by atoms with E-state index in [-0.39, 0.29) is 6.67 Å². The predicted molar refractivity (Wildman–Crippen MR) is 73.0 cm³/mol. The van der Waals surface area contributed by atoms with Crippen LogP contribution in [0.1, 0.15) is 47.5 Å². The summed E-state index contributed by atoms with van der Waals surface area (Å²) in [5, 5.41) is 0. The highest BCUT2D eigenvalue weighted by molar-refractivity contribution is 4.79. The number of hydrogen-bond acceptors (Lipinski definition) is 1. The van der Waals surface area contributed by atoms with Crippen LogP contribution in [0.15, 0.2) is 0 Å². The summed E-state index contributed by atoms with van der Waals surface area (Å²) in [7, 11) is 0. The number of hydrogen-bond donors (Lipinski definition) is 0. The second kappa shape index (κ2) is 11.8. The summed E-state index contributed by atoms with van der Waals surface area (Å²) >= 11 is 0. The Morgan fingerprint density at radius 3 is 1.89 bits per heavy atom. The molecule has 0 N–H and O–H groups in total. The van der Waals surface area contributed by atoms with Gasteiger partial charge in [0.05, 0.1) is 0 Å². The van der Waals surface area contributed by atoms with Crippen molar-refractivity contribution in [3.8, 4) is 0 Å². The summed E-state index contributed by atoms with van der Waals surface area (Å²) in [6.07, 6.45) is 2.52. The summed E-state index contributed by atoms with van der Waals surface area (Å²) in [6, 6.07) is 0. The maximum absolute atomic E-state index is 12.0. The molecular weight excluding hydrogens is 239 g/mol. The molecule has 1 heterocycles. The van der Waals surface area contributed by atoms with Gasteiger partial charge in [0, 0.05) is 13.1 Å². The van der Waals surface area contributed by atoms with Crippen molar-refractivity contribution < 1.29 is 13.2 Å². The van der Waals surface area contributed by atoms with E-state index in [2.05, 4.69) is 39.5 Å². The molecule has 0 aromatic heterocycles. The van der Waals surface area contributed by atoms with Crippen molar-refractivity contribution >= 4 is 0 Å². The lowest BCUT2D eigenvalue weighted by molar-refractivity contribution is 0.111. The van der Waals surface area contributed by atoms with Crippen LogP contribution >= 0.6 is 0 Å². The molecule has 1 aliphatic rings. The molecule has 1 nitrogen and oxygen atoms in total. The predicted octanol–water partition coefficient (Wildman–Crippen LogP) is 4.62. The van der Waals surface area contributed by atoms with E-state index in [1.54, 1.807) is 0 Å². The van der Waals surface area contributed by atoms with Gasteiger partial charge in [-0.15, -0.1) is 0 Å². The van der Waals surface area contributed by atoms with Gasteiger partial charge in [0.15, 0.2) is 0 Å². The van der Waals surface area contributed by atoms with E-state index >= 15 is 0 Å². The first-order valence-corrected chi connectivity index (χ1v) is 6.69. The number of likely N-dealkylation sites (tertiary alicyclic amines) is 1. The Balaban J connectivity index is 0. The van der Waals surface area contributed by atoms with Crippen LogP contribution in [0, 0.1) is 11.3 Å². The quantitative estimate of drug-likeness (QED) is 0.707. The molecule has 0 aromatic rings. The molecule has 1 aliphatic heterocycles. The highest BCUT2D eigenvalue weighted by Crippen LogP contribution is 2.27. The maximum atomic E-state index is 12.0. The van der Waals surface area contributed by atoms with E-state index in [9.17, 15) is 13.2 Å². The van der Waals surface area contributed by atoms with Crippen LogP contribution in [-0.2, 0) is 0 Å². The van der Waals surface area contributed by atoms with Crippen LogP contribution in [0.25, 0.3) is 0 Å². The minimum atomic E-state index is -1.75. The number of halogens is 3. The first-order chi connectivity index (χ1) is 8.29. The van der Waals surface area contributed by atoms with E-state index < -0.39 is 6.93 Å². The van der Waals surface area contributed by atoms with Crippen molar-refractivity contribution in [3.05, 3.63) is 0 Å². The molecule has 1 rings (SSSR count). The minimum Gasteiger partial charge on any atom is -0.300 e. The van der Waals surface area contributed by atoms with E-state index in [1.807, 2.05) is 0 Å². The SMILES string of the molecule is CC(C)C.CC1(C)CCCN(CCF)C1.FCF. The third-order valence-electron chi connectivity index (χ3n) is 2.38. The van der Waals surface area contributed by atoms with Crippen LogP contribution in [-0.4, -0.2) is 38.1 Å². The Labute approximate surface area is 111 Å². The van der Waals surface area contributed by atoms with Gasteiger partial charge in [-0.2, -0.15) is 0 Å². The number of nitrogens with zero attached hydrogens (tertiary/aromatic N) is 1. The molecule has 112 valence electrons. The fraction of sp³-hybridized carbons (Fsp3) is 1.00. The average Bonchev–Trinajstić information content (AvgIpc) is 2.16. The molecule has 0 radical (unpaired) electrons. The normalized spacial score (nSPS) is 18.5. The molecule has 0 unspecified atom stereocenters. The first-order valence-electron chi connectivity index (χ1n) is 6.69. The van der Waals surface area contributed by atoms with Gasteiger partial charge in [-0.05, 0) is 30.7 Å². The maximum Gasteiger partial charge on any atom is 0.229 e. The molecule has 0 spiro atoms. The van der Waals surface area contributed by atoms with Gasteiger partial charge in [0.2, 0.25) is 6.93 Å². The van der Waals surface area contributed by atoms with Gasteiger partial charge in [0.1, 0.15) is 6.67 Å². The van der Waals surface area contributed by atoms with Gasteiger partial charge >= 0.3 is 0 Å². The largest absolute Gasteiger partial charge is 0.300 e. The fourth-order valence-corrected chi connectivity index (χ4v) is 1.86. The van der Waals surface area contributed by atoms with Crippen molar-refractivity contribution in [1.29, 1.82) is 0 Å². The van der Waals surface area contributed by atoms with Gasteiger partial charge in [-0.25, -0.2) is 13.2 Å². The Bertz CT molecular complexity index is 168. The Kier molecular flexibility index (Phi) is 13.2. The Hall–Kier alpha value is -0.250. The second-order valence-corrected chi connectivity index (χ2v) is 6.07. The summed E-state index contributed by atoms with van der Waals surface area (Å²) in [4.78, 5) is 2.23. The smallest absolute Gasteiger partial charge is 0.229 e. The fourth-order valence-electron chi connectivity index (χ4n) is 1.86. The van der Waals surface area contributed by atoms with E-state index in [1.165, 1.54) is 12.8 Å². The molecule has 4 heteroatoms. The van der Waals surface area contributed by atoms with E-state index in [0.29, 0.717) is 12.0 Å². The highest BCUT2D eigenvalue weighted by Gasteiger charge is 2.25. The molecule has 0 amide bonds. The molecule has 1 fully saturated rings. The number of piperidine rings is 1. The number of alkyl halides is 3. The average molecular weight is 269 g/mol. The summed E-state index contributed by atoms with van der Waals surface area (Å²) in [6.45, 7) is 11.9. The van der Waals surface area contributed by atoms with Crippen molar-refractivity contribution in [2.45, 2.75) is 47.5 Å².